The molecule has 5 nitrogen and oxygen atoms in total. The molecule has 1 aromatic carbocycles. The molecule has 0 aliphatic heterocycles. The van der Waals surface area contributed by atoms with Crippen molar-refractivity contribution in [2.45, 2.75) is 6.92 Å². The van der Waals surface area contributed by atoms with Crippen LogP contribution in [0, 0.1) is 10.1 Å². The summed E-state index contributed by atoms with van der Waals surface area (Å²) >= 11 is 0. The van der Waals surface area contributed by atoms with Crippen molar-refractivity contribution in [2.24, 2.45) is 0 Å². The van der Waals surface area contributed by atoms with E-state index in [1.807, 2.05) is 31.0 Å². The number of rotatable bonds is 4. The van der Waals surface area contributed by atoms with Crippen LogP contribution in [0.3, 0.4) is 0 Å². The van der Waals surface area contributed by atoms with E-state index >= 15 is 0 Å². The van der Waals surface area contributed by atoms with Crippen molar-refractivity contribution in [3.63, 3.8) is 0 Å². The maximum atomic E-state index is 10.7. The van der Waals surface area contributed by atoms with Gasteiger partial charge in [-0.25, -0.2) is 4.98 Å². The molecule has 2 rings (SSSR count). The van der Waals surface area contributed by atoms with E-state index in [0.717, 1.165) is 28.8 Å². The zero-order valence-corrected chi connectivity index (χ0v) is 11.0. The molecular formula is C14H15N3O2. The number of hydrogen-bond donors (Lipinski definition) is 0. The number of likely N-dealkylation sites (N-methyl/N-ethyl adjacent to an activating group) is 1. The fraction of sp³-hybridized carbons (Fsp3) is 0.214. The molecule has 0 unspecified atom stereocenters. The monoisotopic (exact) mass is 257 g/mol. The summed E-state index contributed by atoms with van der Waals surface area (Å²) in [4.78, 5) is 16.8. The average molecular weight is 257 g/mol. The maximum absolute atomic E-state index is 10.7. The van der Waals surface area contributed by atoms with E-state index in [-0.39, 0.29) is 5.69 Å². The van der Waals surface area contributed by atoms with Crippen LogP contribution in [-0.2, 0) is 0 Å². The molecule has 0 amide bonds. The fourth-order valence-corrected chi connectivity index (χ4v) is 1.91. The number of non-ortho nitro benzene ring substituents is 1. The van der Waals surface area contributed by atoms with E-state index in [9.17, 15) is 10.1 Å². The van der Waals surface area contributed by atoms with E-state index in [1.165, 1.54) is 12.1 Å². The summed E-state index contributed by atoms with van der Waals surface area (Å²) in [6, 6.07) is 8.38. The van der Waals surface area contributed by atoms with Gasteiger partial charge in [-0.05, 0) is 25.1 Å². The lowest BCUT2D eigenvalue weighted by Gasteiger charge is -2.18. The highest BCUT2D eigenvalue weighted by Gasteiger charge is 2.08. The van der Waals surface area contributed by atoms with Gasteiger partial charge in [0.2, 0.25) is 0 Å². The van der Waals surface area contributed by atoms with Crippen molar-refractivity contribution in [3.05, 3.63) is 52.6 Å². The summed E-state index contributed by atoms with van der Waals surface area (Å²) in [5.74, 6) is 0.823. The SMILES string of the molecule is C=C(C)CN(C)c1ccc2cc([N+](=O)[O-])ccc2n1. The van der Waals surface area contributed by atoms with E-state index in [1.54, 1.807) is 6.07 Å². The number of aromatic nitrogens is 1. The van der Waals surface area contributed by atoms with Crippen LogP contribution >= 0.6 is 0 Å². The molecule has 1 aromatic heterocycles. The van der Waals surface area contributed by atoms with Crippen LogP contribution in [0.4, 0.5) is 11.5 Å². The van der Waals surface area contributed by atoms with Gasteiger partial charge < -0.3 is 4.90 Å². The van der Waals surface area contributed by atoms with E-state index in [2.05, 4.69) is 11.6 Å². The first-order valence-electron chi connectivity index (χ1n) is 5.88. The Bertz CT molecular complexity index is 652. The zero-order chi connectivity index (χ0) is 14.0. The third kappa shape index (κ3) is 2.88. The Balaban J connectivity index is 2.39. The smallest absolute Gasteiger partial charge is 0.270 e. The lowest BCUT2D eigenvalue weighted by molar-refractivity contribution is -0.384. The van der Waals surface area contributed by atoms with Crippen molar-refractivity contribution in [1.29, 1.82) is 0 Å². The molecule has 0 saturated carbocycles. The molecular weight excluding hydrogens is 242 g/mol. The summed E-state index contributed by atoms with van der Waals surface area (Å²) < 4.78 is 0. The molecule has 0 bridgehead atoms. The molecule has 0 saturated heterocycles. The molecule has 0 radical (unpaired) electrons. The van der Waals surface area contributed by atoms with E-state index < -0.39 is 4.92 Å². The first kappa shape index (κ1) is 13.0. The van der Waals surface area contributed by atoms with Crippen LogP contribution in [0.15, 0.2) is 42.5 Å². The van der Waals surface area contributed by atoms with Gasteiger partial charge in [-0.1, -0.05) is 12.2 Å². The second-order valence-electron chi connectivity index (χ2n) is 4.62. The highest BCUT2D eigenvalue weighted by atomic mass is 16.6. The van der Waals surface area contributed by atoms with Gasteiger partial charge in [0.05, 0.1) is 10.4 Å². The molecule has 1 heterocycles. The molecule has 0 aliphatic carbocycles. The zero-order valence-electron chi connectivity index (χ0n) is 11.0. The second kappa shape index (κ2) is 5.06. The van der Waals surface area contributed by atoms with Gasteiger partial charge >= 0.3 is 0 Å². The molecule has 2 aromatic rings. The Labute approximate surface area is 111 Å². The number of fused-ring (bicyclic) bond motifs is 1. The Kier molecular flexibility index (Phi) is 3.46. The van der Waals surface area contributed by atoms with Gasteiger partial charge in [-0.2, -0.15) is 0 Å². The van der Waals surface area contributed by atoms with Crippen LogP contribution in [0.1, 0.15) is 6.92 Å². The minimum Gasteiger partial charge on any atom is -0.356 e. The predicted molar refractivity (Wildman–Crippen MR) is 76.5 cm³/mol. The normalized spacial score (nSPS) is 10.4. The van der Waals surface area contributed by atoms with Crippen LogP contribution in [0.5, 0.6) is 0 Å². The first-order valence-corrected chi connectivity index (χ1v) is 5.88. The van der Waals surface area contributed by atoms with Crippen molar-refractivity contribution in [1.82, 2.24) is 4.98 Å². The number of pyridine rings is 1. The maximum Gasteiger partial charge on any atom is 0.270 e. The number of benzene rings is 1. The van der Waals surface area contributed by atoms with E-state index in [0.29, 0.717) is 0 Å². The van der Waals surface area contributed by atoms with Gasteiger partial charge in [0.25, 0.3) is 5.69 Å². The summed E-state index contributed by atoms with van der Waals surface area (Å²) in [5, 5.41) is 11.5. The molecule has 19 heavy (non-hydrogen) atoms. The van der Waals surface area contributed by atoms with Gasteiger partial charge in [0.15, 0.2) is 0 Å². The number of anilines is 1. The van der Waals surface area contributed by atoms with Crippen molar-refractivity contribution in [2.75, 3.05) is 18.5 Å². The van der Waals surface area contributed by atoms with Crippen molar-refractivity contribution in [3.8, 4) is 0 Å². The number of nitro groups is 1. The first-order chi connectivity index (χ1) is 8.97. The second-order valence-corrected chi connectivity index (χ2v) is 4.62. The Morgan fingerprint density at radius 1 is 1.42 bits per heavy atom. The summed E-state index contributed by atoms with van der Waals surface area (Å²) in [6.45, 7) is 6.56. The lowest BCUT2D eigenvalue weighted by Crippen LogP contribution is -2.20. The molecule has 0 N–H and O–H groups in total. The van der Waals surface area contributed by atoms with Crippen LogP contribution in [0.2, 0.25) is 0 Å². The third-order valence-corrected chi connectivity index (χ3v) is 2.77. The molecule has 0 atom stereocenters. The number of nitrogens with zero attached hydrogens (tertiary/aromatic N) is 3. The molecule has 0 aliphatic rings. The average Bonchev–Trinajstić information content (AvgIpc) is 2.36. The quantitative estimate of drug-likeness (QED) is 0.479. The van der Waals surface area contributed by atoms with Crippen LogP contribution in [0.25, 0.3) is 10.9 Å². The van der Waals surface area contributed by atoms with Gasteiger partial charge in [0.1, 0.15) is 5.82 Å². The van der Waals surface area contributed by atoms with E-state index in [4.69, 9.17) is 0 Å². The molecule has 0 spiro atoms. The van der Waals surface area contributed by atoms with Gasteiger partial charge in [0, 0.05) is 31.1 Å². The van der Waals surface area contributed by atoms with Gasteiger partial charge in [-0.15, -0.1) is 0 Å². The van der Waals surface area contributed by atoms with Crippen LogP contribution < -0.4 is 4.90 Å². The minimum absolute atomic E-state index is 0.0809. The van der Waals surface area contributed by atoms with Gasteiger partial charge in [-0.3, -0.25) is 10.1 Å². The van der Waals surface area contributed by atoms with Crippen LogP contribution in [-0.4, -0.2) is 23.5 Å². The Morgan fingerprint density at radius 2 is 2.16 bits per heavy atom. The summed E-state index contributed by atoms with van der Waals surface area (Å²) in [6.07, 6.45) is 0. The third-order valence-electron chi connectivity index (χ3n) is 2.77. The fourth-order valence-electron chi connectivity index (χ4n) is 1.91. The molecule has 0 fully saturated rings. The highest BCUT2D eigenvalue weighted by Crippen LogP contribution is 2.22. The highest BCUT2D eigenvalue weighted by molar-refractivity contribution is 5.82. The minimum atomic E-state index is -0.402. The largest absolute Gasteiger partial charge is 0.356 e. The molecule has 5 heteroatoms. The summed E-state index contributed by atoms with van der Waals surface area (Å²) in [5.41, 5.74) is 1.88. The topological polar surface area (TPSA) is 59.3 Å². The standard InChI is InChI=1S/C14H15N3O2/c1-10(2)9-16(3)14-7-4-11-8-12(17(18)19)5-6-13(11)15-14/h4-8H,1,9H2,2-3H3. The predicted octanol–water partition coefficient (Wildman–Crippen LogP) is 3.16. The van der Waals surface area contributed by atoms with Crippen molar-refractivity contribution >= 4 is 22.4 Å². The summed E-state index contributed by atoms with van der Waals surface area (Å²) in [7, 11) is 1.94. The number of nitro benzene ring substituents is 1. The Hall–Kier alpha value is -2.43. The lowest BCUT2D eigenvalue weighted by atomic mass is 10.2. The van der Waals surface area contributed by atoms with Crippen molar-refractivity contribution < 1.29 is 4.92 Å². The molecule has 98 valence electrons. The Morgan fingerprint density at radius 3 is 2.79 bits per heavy atom. The number of hydrogen-bond acceptors (Lipinski definition) is 4.